The molecule has 0 saturated heterocycles. The summed E-state index contributed by atoms with van der Waals surface area (Å²) < 4.78 is 18.3. The second-order valence-electron chi connectivity index (χ2n) is 4.46. The molecule has 2 atom stereocenters. The third-order valence-corrected chi connectivity index (χ3v) is 3.09. The molecule has 1 aromatic carbocycles. The Morgan fingerprint density at radius 3 is 3.12 bits per heavy atom. The quantitative estimate of drug-likeness (QED) is 0.846. The van der Waals surface area contributed by atoms with Crippen molar-refractivity contribution in [3.8, 4) is 0 Å². The van der Waals surface area contributed by atoms with Gasteiger partial charge in [-0.2, -0.15) is 0 Å². The van der Waals surface area contributed by atoms with Gasteiger partial charge >= 0.3 is 0 Å². The molecule has 88 valence electrons. The van der Waals surface area contributed by atoms with Crippen molar-refractivity contribution in [2.75, 3.05) is 13.7 Å². The van der Waals surface area contributed by atoms with E-state index in [4.69, 9.17) is 4.74 Å². The van der Waals surface area contributed by atoms with E-state index in [0.717, 1.165) is 18.4 Å². The molecule has 1 aliphatic rings. The highest BCUT2D eigenvalue weighted by molar-refractivity contribution is 5.35. The molecule has 0 aliphatic heterocycles. The number of halogens is 1. The zero-order valence-electron chi connectivity index (χ0n) is 9.79. The Balaban J connectivity index is 2.08. The molecule has 2 nitrogen and oxygen atoms in total. The lowest BCUT2D eigenvalue weighted by molar-refractivity contribution is 0.166. The van der Waals surface area contributed by atoms with E-state index in [0.29, 0.717) is 12.6 Å². The Kier molecular flexibility index (Phi) is 3.56. The summed E-state index contributed by atoms with van der Waals surface area (Å²) in [6.07, 6.45) is 2.08. The highest BCUT2D eigenvalue weighted by Gasteiger charge is 2.23. The average molecular weight is 223 g/mol. The predicted octanol–water partition coefficient (Wildman–Crippen LogP) is 2.44. The van der Waals surface area contributed by atoms with Gasteiger partial charge in [-0.25, -0.2) is 4.39 Å². The monoisotopic (exact) mass is 223 g/mol. The molecule has 1 N–H and O–H groups in total. The standard InChI is InChI=1S/C13H18FNO/c1-9(8-16-2)15-13-6-4-10-3-5-11(14)7-12(10)13/h3,5,7,9,13,15H,4,6,8H2,1-2H3. The van der Waals surface area contributed by atoms with Crippen LogP contribution in [0.3, 0.4) is 0 Å². The number of ether oxygens (including phenoxy) is 1. The van der Waals surface area contributed by atoms with Crippen molar-refractivity contribution in [1.29, 1.82) is 0 Å². The molecular weight excluding hydrogens is 205 g/mol. The summed E-state index contributed by atoms with van der Waals surface area (Å²) in [6.45, 7) is 2.77. The van der Waals surface area contributed by atoms with Gasteiger partial charge in [0, 0.05) is 19.2 Å². The zero-order chi connectivity index (χ0) is 11.5. The van der Waals surface area contributed by atoms with Crippen molar-refractivity contribution in [2.45, 2.75) is 31.8 Å². The number of fused-ring (bicyclic) bond motifs is 1. The van der Waals surface area contributed by atoms with Crippen molar-refractivity contribution in [2.24, 2.45) is 0 Å². The van der Waals surface area contributed by atoms with E-state index >= 15 is 0 Å². The molecule has 0 radical (unpaired) electrons. The van der Waals surface area contributed by atoms with Gasteiger partial charge in [0.1, 0.15) is 5.82 Å². The fraction of sp³-hybridized carbons (Fsp3) is 0.538. The number of nitrogens with one attached hydrogen (secondary N) is 1. The Morgan fingerprint density at radius 1 is 1.56 bits per heavy atom. The molecule has 1 aliphatic carbocycles. The van der Waals surface area contributed by atoms with Gasteiger partial charge in [-0.05, 0) is 43.0 Å². The van der Waals surface area contributed by atoms with Crippen molar-refractivity contribution in [1.82, 2.24) is 5.32 Å². The molecule has 0 heterocycles. The fourth-order valence-electron chi connectivity index (χ4n) is 2.39. The Labute approximate surface area is 95.8 Å². The fourth-order valence-corrected chi connectivity index (χ4v) is 2.39. The van der Waals surface area contributed by atoms with Crippen molar-refractivity contribution < 1.29 is 9.13 Å². The lowest BCUT2D eigenvalue weighted by Crippen LogP contribution is -2.32. The summed E-state index contributed by atoms with van der Waals surface area (Å²) in [5, 5.41) is 3.47. The van der Waals surface area contributed by atoms with E-state index in [-0.39, 0.29) is 11.9 Å². The molecule has 16 heavy (non-hydrogen) atoms. The van der Waals surface area contributed by atoms with Crippen molar-refractivity contribution >= 4 is 0 Å². The topological polar surface area (TPSA) is 21.3 Å². The van der Waals surface area contributed by atoms with Crippen LogP contribution in [-0.4, -0.2) is 19.8 Å². The first-order valence-electron chi connectivity index (χ1n) is 5.74. The number of aryl methyl sites for hydroxylation is 1. The summed E-state index contributed by atoms with van der Waals surface area (Å²) in [5.74, 6) is -0.146. The van der Waals surface area contributed by atoms with Gasteiger partial charge in [-0.15, -0.1) is 0 Å². The number of hydrogen-bond acceptors (Lipinski definition) is 2. The van der Waals surface area contributed by atoms with Crippen LogP contribution >= 0.6 is 0 Å². The number of methoxy groups -OCH3 is 1. The van der Waals surface area contributed by atoms with Crippen LogP contribution in [0.25, 0.3) is 0 Å². The maximum Gasteiger partial charge on any atom is 0.123 e. The van der Waals surface area contributed by atoms with Crippen molar-refractivity contribution in [3.63, 3.8) is 0 Å². The molecule has 0 saturated carbocycles. The van der Waals surface area contributed by atoms with Crippen LogP contribution in [0.1, 0.15) is 30.5 Å². The third-order valence-electron chi connectivity index (χ3n) is 3.09. The molecule has 0 bridgehead atoms. The SMILES string of the molecule is COCC(C)NC1CCc2ccc(F)cc21. The molecule has 0 amide bonds. The van der Waals surface area contributed by atoms with Crippen LogP contribution in [0.5, 0.6) is 0 Å². The van der Waals surface area contributed by atoms with E-state index < -0.39 is 0 Å². The number of benzene rings is 1. The highest BCUT2D eigenvalue weighted by atomic mass is 19.1. The minimum absolute atomic E-state index is 0.146. The summed E-state index contributed by atoms with van der Waals surface area (Å²) in [5.41, 5.74) is 2.38. The Bertz CT molecular complexity index is 367. The highest BCUT2D eigenvalue weighted by Crippen LogP contribution is 2.31. The third kappa shape index (κ3) is 2.42. The van der Waals surface area contributed by atoms with Gasteiger partial charge in [-0.1, -0.05) is 6.07 Å². The van der Waals surface area contributed by atoms with Crippen LogP contribution < -0.4 is 5.32 Å². The molecular formula is C13H18FNO. The summed E-state index contributed by atoms with van der Waals surface area (Å²) >= 11 is 0. The van der Waals surface area contributed by atoms with E-state index in [1.807, 2.05) is 6.07 Å². The smallest absolute Gasteiger partial charge is 0.123 e. The zero-order valence-corrected chi connectivity index (χ0v) is 9.79. The number of hydrogen-bond donors (Lipinski definition) is 1. The Morgan fingerprint density at radius 2 is 2.38 bits per heavy atom. The molecule has 3 heteroatoms. The molecule has 0 spiro atoms. The van der Waals surface area contributed by atoms with Crippen LogP contribution in [0.15, 0.2) is 18.2 Å². The van der Waals surface area contributed by atoms with Gasteiger partial charge in [0.2, 0.25) is 0 Å². The van der Waals surface area contributed by atoms with E-state index in [2.05, 4.69) is 12.2 Å². The largest absolute Gasteiger partial charge is 0.383 e. The average Bonchev–Trinajstić information content (AvgIpc) is 2.61. The summed E-state index contributed by atoms with van der Waals surface area (Å²) in [6, 6.07) is 5.66. The molecule has 2 unspecified atom stereocenters. The second-order valence-corrected chi connectivity index (χ2v) is 4.46. The maximum absolute atomic E-state index is 13.2. The molecule has 1 aromatic rings. The molecule has 2 rings (SSSR count). The predicted molar refractivity (Wildman–Crippen MR) is 61.9 cm³/mol. The maximum atomic E-state index is 13.2. The van der Waals surface area contributed by atoms with Gasteiger partial charge < -0.3 is 10.1 Å². The second kappa shape index (κ2) is 4.93. The molecule has 0 aromatic heterocycles. The van der Waals surface area contributed by atoms with E-state index in [9.17, 15) is 4.39 Å². The Hall–Kier alpha value is -0.930. The first-order chi connectivity index (χ1) is 7.70. The van der Waals surface area contributed by atoms with Crippen LogP contribution in [-0.2, 0) is 11.2 Å². The first-order valence-corrected chi connectivity index (χ1v) is 5.74. The number of rotatable bonds is 4. The van der Waals surface area contributed by atoms with E-state index in [1.54, 1.807) is 19.2 Å². The van der Waals surface area contributed by atoms with Gasteiger partial charge in [0.05, 0.1) is 6.61 Å². The minimum atomic E-state index is -0.146. The lowest BCUT2D eigenvalue weighted by Gasteiger charge is -2.19. The summed E-state index contributed by atoms with van der Waals surface area (Å²) in [7, 11) is 1.69. The van der Waals surface area contributed by atoms with E-state index in [1.165, 1.54) is 5.56 Å². The van der Waals surface area contributed by atoms with Gasteiger partial charge in [0.15, 0.2) is 0 Å². The summed E-state index contributed by atoms with van der Waals surface area (Å²) in [4.78, 5) is 0. The molecule has 0 fully saturated rings. The lowest BCUT2D eigenvalue weighted by atomic mass is 10.1. The minimum Gasteiger partial charge on any atom is -0.383 e. The van der Waals surface area contributed by atoms with Gasteiger partial charge in [-0.3, -0.25) is 0 Å². The normalized spacial score (nSPS) is 20.8. The van der Waals surface area contributed by atoms with Crippen LogP contribution in [0, 0.1) is 5.82 Å². The van der Waals surface area contributed by atoms with Crippen LogP contribution in [0.2, 0.25) is 0 Å². The van der Waals surface area contributed by atoms with Crippen LogP contribution in [0.4, 0.5) is 4.39 Å². The first kappa shape index (κ1) is 11.6. The van der Waals surface area contributed by atoms with Gasteiger partial charge in [0.25, 0.3) is 0 Å². The van der Waals surface area contributed by atoms with Crippen molar-refractivity contribution in [3.05, 3.63) is 35.1 Å².